The van der Waals surface area contributed by atoms with Crippen molar-refractivity contribution in [3.8, 4) is 0 Å². The molecule has 1 fully saturated rings. The Morgan fingerprint density at radius 3 is 2.17 bits per heavy atom. The van der Waals surface area contributed by atoms with Crippen molar-refractivity contribution in [3.63, 3.8) is 0 Å². The van der Waals surface area contributed by atoms with Gasteiger partial charge in [0.1, 0.15) is 0 Å². The van der Waals surface area contributed by atoms with E-state index in [1.54, 1.807) is 4.90 Å². The fourth-order valence-electron chi connectivity index (χ4n) is 3.24. The summed E-state index contributed by atoms with van der Waals surface area (Å²) in [5.41, 5.74) is 2.38. The minimum absolute atomic E-state index is 0.161. The molecule has 0 spiro atoms. The fourth-order valence-corrected chi connectivity index (χ4v) is 3.24. The molecule has 0 aromatic heterocycles. The van der Waals surface area contributed by atoms with E-state index in [1.165, 1.54) is 31.5 Å². The normalized spacial score (nSPS) is 15.8. The summed E-state index contributed by atoms with van der Waals surface area (Å²) in [6, 6.07) is 9.19. The number of amides is 1. The van der Waals surface area contributed by atoms with Gasteiger partial charge in [-0.25, -0.2) is 0 Å². The monoisotopic (exact) mass is 332 g/mol. The number of likely N-dealkylation sites (tertiary alicyclic amines) is 1. The zero-order valence-corrected chi connectivity index (χ0v) is 16.5. The summed E-state index contributed by atoms with van der Waals surface area (Å²) >= 11 is 0. The Kier molecular flexibility index (Phi) is 9.05. The van der Waals surface area contributed by atoms with Crippen LogP contribution in [0.3, 0.4) is 0 Å². The Labute approximate surface area is 149 Å². The van der Waals surface area contributed by atoms with Crippen LogP contribution in [0.4, 0.5) is 5.69 Å². The molecule has 1 heterocycles. The highest BCUT2D eigenvalue weighted by atomic mass is 16.2. The molecule has 0 unspecified atom stereocenters. The van der Waals surface area contributed by atoms with Gasteiger partial charge in [-0.2, -0.15) is 0 Å². The first-order valence-electron chi connectivity index (χ1n) is 9.60. The van der Waals surface area contributed by atoms with E-state index in [4.69, 9.17) is 0 Å². The van der Waals surface area contributed by atoms with Crippen LogP contribution in [0.25, 0.3) is 0 Å². The van der Waals surface area contributed by atoms with Crippen molar-refractivity contribution in [2.24, 2.45) is 5.92 Å². The van der Waals surface area contributed by atoms with E-state index in [9.17, 15) is 4.79 Å². The maximum absolute atomic E-state index is 11.7. The Morgan fingerprint density at radius 2 is 1.71 bits per heavy atom. The third-order valence-corrected chi connectivity index (χ3v) is 4.90. The highest BCUT2D eigenvalue weighted by Gasteiger charge is 2.21. The molecule has 0 N–H and O–H groups in total. The van der Waals surface area contributed by atoms with Gasteiger partial charge in [-0.05, 0) is 69.8 Å². The number of hydrogen-bond donors (Lipinski definition) is 0. The molecule has 1 aromatic rings. The van der Waals surface area contributed by atoms with Crippen LogP contribution in [-0.2, 0) is 11.2 Å². The molecule has 3 heteroatoms. The van der Waals surface area contributed by atoms with Crippen molar-refractivity contribution in [2.75, 3.05) is 25.0 Å². The topological polar surface area (TPSA) is 23.6 Å². The van der Waals surface area contributed by atoms with Crippen LogP contribution in [0.1, 0.15) is 59.4 Å². The lowest BCUT2D eigenvalue weighted by atomic mass is 9.89. The van der Waals surface area contributed by atoms with Gasteiger partial charge in [-0.15, -0.1) is 0 Å². The summed E-state index contributed by atoms with van der Waals surface area (Å²) in [4.78, 5) is 16.0. The average Bonchev–Trinajstić information content (AvgIpc) is 2.63. The smallest absolute Gasteiger partial charge is 0.226 e. The summed E-state index contributed by atoms with van der Waals surface area (Å²) in [6.07, 6.45) is 4.31. The molecule has 2 rings (SSSR count). The van der Waals surface area contributed by atoms with Crippen LogP contribution in [0.5, 0.6) is 0 Å². The quantitative estimate of drug-likeness (QED) is 0.777. The summed E-state index contributed by atoms with van der Waals surface area (Å²) < 4.78 is 0. The van der Waals surface area contributed by atoms with Crippen LogP contribution in [0.15, 0.2) is 24.3 Å². The molecule has 1 aromatic carbocycles. The minimum atomic E-state index is 0.161. The molecule has 136 valence electrons. The van der Waals surface area contributed by atoms with Crippen molar-refractivity contribution in [1.82, 2.24) is 4.90 Å². The fraction of sp³-hybridized carbons (Fsp3) is 0.667. The molecule has 1 aliphatic rings. The third kappa shape index (κ3) is 5.94. The molecular formula is C21H36N2O. The minimum Gasteiger partial charge on any atom is -0.316 e. The second-order valence-electron chi connectivity index (χ2n) is 6.75. The van der Waals surface area contributed by atoms with Crippen molar-refractivity contribution < 1.29 is 4.79 Å². The standard InChI is InChI=1S/C19H30N2O.C2H6/c1-5-19(22)20(4)18-8-6-16(7-9-18)14-17-10-12-21(13-11-17)15(2)3;1-2/h6-9,15,17H,5,10-14H2,1-4H3;1-2H3. The number of benzene rings is 1. The lowest BCUT2D eigenvalue weighted by Crippen LogP contribution is -2.38. The molecule has 1 saturated heterocycles. The number of hydrogen-bond acceptors (Lipinski definition) is 2. The number of rotatable bonds is 5. The molecule has 1 aliphatic heterocycles. The Balaban J connectivity index is 0.00000139. The lowest BCUT2D eigenvalue weighted by Gasteiger charge is -2.34. The maximum atomic E-state index is 11.7. The SMILES string of the molecule is CC.CCC(=O)N(C)c1ccc(CC2CCN(C(C)C)CC2)cc1. The summed E-state index contributed by atoms with van der Waals surface area (Å²) in [5, 5.41) is 0. The first-order chi connectivity index (χ1) is 11.5. The van der Waals surface area contributed by atoms with Crippen LogP contribution in [0.2, 0.25) is 0 Å². The maximum Gasteiger partial charge on any atom is 0.226 e. The number of anilines is 1. The predicted octanol–water partition coefficient (Wildman–Crippen LogP) is 4.75. The van der Waals surface area contributed by atoms with Crippen molar-refractivity contribution in [1.29, 1.82) is 0 Å². The van der Waals surface area contributed by atoms with Crippen molar-refractivity contribution >= 4 is 11.6 Å². The molecule has 0 saturated carbocycles. The molecule has 0 radical (unpaired) electrons. The van der Waals surface area contributed by atoms with E-state index in [0.717, 1.165) is 18.0 Å². The number of nitrogens with zero attached hydrogens (tertiary/aromatic N) is 2. The van der Waals surface area contributed by atoms with Gasteiger partial charge < -0.3 is 9.80 Å². The van der Waals surface area contributed by atoms with Gasteiger partial charge in [-0.1, -0.05) is 32.9 Å². The van der Waals surface area contributed by atoms with E-state index in [2.05, 4.69) is 43.0 Å². The van der Waals surface area contributed by atoms with E-state index in [0.29, 0.717) is 12.5 Å². The zero-order chi connectivity index (χ0) is 18.1. The second kappa shape index (κ2) is 10.5. The second-order valence-corrected chi connectivity index (χ2v) is 6.75. The molecule has 0 atom stereocenters. The summed E-state index contributed by atoms with van der Waals surface area (Å²) in [7, 11) is 1.85. The molecule has 0 bridgehead atoms. The van der Waals surface area contributed by atoms with Gasteiger partial charge in [0.05, 0.1) is 0 Å². The largest absolute Gasteiger partial charge is 0.316 e. The molecule has 24 heavy (non-hydrogen) atoms. The van der Waals surface area contributed by atoms with Crippen LogP contribution >= 0.6 is 0 Å². The number of carbonyl (C=O) groups is 1. The van der Waals surface area contributed by atoms with Crippen LogP contribution < -0.4 is 4.90 Å². The van der Waals surface area contributed by atoms with E-state index in [-0.39, 0.29) is 5.91 Å². The number of carbonyl (C=O) groups excluding carboxylic acids is 1. The Hall–Kier alpha value is -1.35. The van der Waals surface area contributed by atoms with E-state index >= 15 is 0 Å². The van der Waals surface area contributed by atoms with Crippen LogP contribution in [-0.4, -0.2) is 37.0 Å². The number of piperidine rings is 1. The van der Waals surface area contributed by atoms with Gasteiger partial charge in [-0.3, -0.25) is 4.79 Å². The molecule has 1 amide bonds. The van der Waals surface area contributed by atoms with Gasteiger partial charge in [0.25, 0.3) is 0 Å². The van der Waals surface area contributed by atoms with Gasteiger partial charge in [0.15, 0.2) is 0 Å². The molecular weight excluding hydrogens is 296 g/mol. The molecule has 0 aliphatic carbocycles. The van der Waals surface area contributed by atoms with E-state index < -0.39 is 0 Å². The van der Waals surface area contributed by atoms with Gasteiger partial charge in [0.2, 0.25) is 5.91 Å². The highest BCUT2D eigenvalue weighted by Crippen LogP contribution is 2.24. The van der Waals surface area contributed by atoms with Gasteiger partial charge in [0, 0.05) is 25.2 Å². The lowest BCUT2D eigenvalue weighted by molar-refractivity contribution is -0.118. The predicted molar refractivity (Wildman–Crippen MR) is 105 cm³/mol. The van der Waals surface area contributed by atoms with Crippen molar-refractivity contribution in [3.05, 3.63) is 29.8 Å². The van der Waals surface area contributed by atoms with E-state index in [1.807, 2.05) is 27.8 Å². The molecule has 3 nitrogen and oxygen atoms in total. The first kappa shape index (κ1) is 20.7. The summed E-state index contributed by atoms with van der Waals surface area (Å²) in [5.74, 6) is 0.963. The first-order valence-corrected chi connectivity index (χ1v) is 9.60. The summed E-state index contributed by atoms with van der Waals surface area (Å²) in [6.45, 7) is 12.9. The van der Waals surface area contributed by atoms with Crippen molar-refractivity contribution in [2.45, 2.75) is 66.3 Å². The Bertz CT molecular complexity index is 473. The average molecular weight is 333 g/mol. The van der Waals surface area contributed by atoms with Gasteiger partial charge >= 0.3 is 0 Å². The zero-order valence-electron chi connectivity index (χ0n) is 16.5. The van der Waals surface area contributed by atoms with Crippen LogP contribution in [0, 0.1) is 5.92 Å². The Morgan fingerprint density at radius 1 is 1.17 bits per heavy atom. The third-order valence-electron chi connectivity index (χ3n) is 4.90. The highest BCUT2D eigenvalue weighted by molar-refractivity contribution is 5.92.